The zero-order chi connectivity index (χ0) is 24.9. The summed E-state index contributed by atoms with van der Waals surface area (Å²) in [5.74, 6) is -0.438. The number of nitrogens with zero attached hydrogens (tertiary/aromatic N) is 2. The van der Waals surface area contributed by atoms with E-state index in [9.17, 15) is 14.4 Å². The molecule has 0 aliphatic carbocycles. The van der Waals surface area contributed by atoms with E-state index in [1.165, 1.54) is 24.2 Å². The maximum Gasteiger partial charge on any atom is 0.242 e. The minimum absolute atomic E-state index is 0.0230. The van der Waals surface area contributed by atoms with Crippen LogP contribution in [-0.4, -0.2) is 32.9 Å². The summed E-state index contributed by atoms with van der Waals surface area (Å²) in [4.78, 5) is 44.0. The van der Waals surface area contributed by atoms with E-state index in [0.717, 1.165) is 16.8 Å². The van der Waals surface area contributed by atoms with Gasteiger partial charge in [-0.2, -0.15) is 0 Å². The van der Waals surface area contributed by atoms with Crippen LogP contribution in [0.25, 0.3) is 0 Å². The predicted molar refractivity (Wildman–Crippen MR) is 141 cm³/mol. The minimum Gasteiger partial charge on any atom is -0.326 e. The van der Waals surface area contributed by atoms with Gasteiger partial charge in [0.05, 0.1) is 12.2 Å². The van der Waals surface area contributed by atoms with Gasteiger partial charge in [0.25, 0.3) is 0 Å². The van der Waals surface area contributed by atoms with Crippen molar-refractivity contribution in [2.24, 2.45) is 4.99 Å². The molecule has 1 heterocycles. The van der Waals surface area contributed by atoms with E-state index in [1.54, 1.807) is 29.2 Å². The number of nitrogens with one attached hydrogen (secondary N) is 1. The third-order valence-corrected chi connectivity index (χ3v) is 7.04. The van der Waals surface area contributed by atoms with E-state index in [4.69, 9.17) is 4.99 Å². The van der Waals surface area contributed by atoms with Crippen LogP contribution in [0.4, 0.5) is 11.4 Å². The lowest BCUT2D eigenvalue weighted by atomic mass is 10.1. The van der Waals surface area contributed by atoms with Crippen molar-refractivity contribution in [1.29, 1.82) is 0 Å². The molecule has 178 valence electrons. The first-order valence-electron chi connectivity index (χ1n) is 11.4. The van der Waals surface area contributed by atoms with Crippen molar-refractivity contribution in [3.05, 3.63) is 95.1 Å². The van der Waals surface area contributed by atoms with Crippen molar-refractivity contribution >= 4 is 45.9 Å². The summed E-state index contributed by atoms with van der Waals surface area (Å²) in [6, 6.07) is 22.4. The molecule has 0 saturated carbocycles. The third kappa shape index (κ3) is 6.05. The number of thioether (sulfide) groups is 1. The zero-order valence-corrected chi connectivity index (χ0v) is 20.8. The Balaban J connectivity index is 1.53. The van der Waals surface area contributed by atoms with Gasteiger partial charge in [-0.15, -0.1) is 0 Å². The van der Waals surface area contributed by atoms with Crippen LogP contribution in [0.2, 0.25) is 0 Å². The smallest absolute Gasteiger partial charge is 0.242 e. The first kappa shape index (κ1) is 24.4. The maximum absolute atomic E-state index is 13.3. The van der Waals surface area contributed by atoms with E-state index in [0.29, 0.717) is 23.0 Å². The fourth-order valence-corrected chi connectivity index (χ4v) is 4.87. The molecule has 1 aliphatic heterocycles. The van der Waals surface area contributed by atoms with Crippen molar-refractivity contribution in [2.75, 3.05) is 5.32 Å². The zero-order valence-electron chi connectivity index (χ0n) is 19.9. The van der Waals surface area contributed by atoms with Gasteiger partial charge in [0.1, 0.15) is 5.25 Å². The fourth-order valence-electron chi connectivity index (χ4n) is 3.71. The molecule has 1 unspecified atom stereocenters. The lowest BCUT2D eigenvalue weighted by molar-refractivity contribution is -0.128. The SMILES string of the molecule is CC(=O)c1ccc(NC(=O)CC2SC(=Nc3ccc(C)c(C)c3)N(Cc3ccccc3)C2=O)cc1. The van der Waals surface area contributed by atoms with Crippen molar-refractivity contribution in [2.45, 2.75) is 39.0 Å². The molecule has 3 aromatic rings. The van der Waals surface area contributed by atoms with Crippen LogP contribution in [0.15, 0.2) is 77.8 Å². The summed E-state index contributed by atoms with van der Waals surface area (Å²) in [6.45, 7) is 5.96. The number of hydrogen-bond donors (Lipinski definition) is 1. The summed E-state index contributed by atoms with van der Waals surface area (Å²) >= 11 is 1.32. The second-order valence-electron chi connectivity index (χ2n) is 8.57. The second-order valence-corrected chi connectivity index (χ2v) is 9.74. The van der Waals surface area contributed by atoms with Gasteiger partial charge in [-0.1, -0.05) is 48.2 Å². The first-order chi connectivity index (χ1) is 16.8. The number of anilines is 1. The molecule has 1 fully saturated rings. The molecule has 0 spiro atoms. The molecule has 35 heavy (non-hydrogen) atoms. The van der Waals surface area contributed by atoms with E-state index in [2.05, 4.69) is 5.32 Å². The average molecular weight is 486 g/mol. The largest absolute Gasteiger partial charge is 0.326 e. The lowest BCUT2D eigenvalue weighted by Crippen LogP contribution is -2.33. The standard InChI is InChI=1S/C28H27N3O3S/c1-18-9-12-24(15-19(18)2)30-28-31(17-21-7-5-4-6-8-21)27(34)25(35-28)16-26(33)29-23-13-10-22(11-14-23)20(3)32/h4-15,25H,16-17H2,1-3H3,(H,29,33). The van der Waals surface area contributed by atoms with E-state index < -0.39 is 5.25 Å². The first-order valence-corrected chi connectivity index (χ1v) is 12.3. The van der Waals surface area contributed by atoms with Crippen LogP contribution in [0.3, 0.4) is 0 Å². The number of ketones is 1. The monoisotopic (exact) mass is 485 g/mol. The molecule has 1 aliphatic rings. The number of rotatable bonds is 7. The maximum atomic E-state index is 13.3. The van der Waals surface area contributed by atoms with Gasteiger partial charge in [0.15, 0.2) is 11.0 Å². The number of carbonyl (C=O) groups is 3. The third-order valence-electron chi connectivity index (χ3n) is 5.86. The Labute approximate surface area is 209 Å². The Morgan fingerprint density at radius 1 is 0.971 bits per heavy atom. The van der Waals surface area contributed by atoms with Crippen LogP contribution in [0.1, 0.15) is 40.4 Å². The Morgan fingerprint density at radius 3 is 2.34 bits per heavy atom. The molecule has 1 saturated heterocycles. The van der Waals surface area contributed by atoms with Gasteiger partial charge < -0.3 is 5.32 Å². The Bertz CT molecular complexity index is 1290. The second kappa shape index (κ2) is 10.7. The number of hydrogen-bond acceptors (Lipinski definition) is 5. The number of Topliss-reactive ketones (excluding diaryl/α,β-unsaturated/α-hetero) is 1. The number of aliphatic imine (C=N–C) groups is 1. The number of aryl methyl sites for hydroxylation is 2. The summed E-state index contributed by atoms with van der Waals surface area (Å²) in [5.41, 5.74) is 5.23. The Hall–Kier alpha value is -3.71. The topological polar surface area (TPSA) is 78.8 Å². The highest BCUT2D eigenvalue weighted by Gasteiger charge is 2.39. The number of benzene rings is 3. The number of carbonyl (C=O) groups excluding carboxylic acids is 3. The molecule has 7 heteroatoms. The van der Waals surface area contributed by atoms with E-state index in [1.807, 2.05) is 62.4 Å². The molecule has 1 atom stereocenters. The lowest BCUT2D eigenvalue weighted by Gasteiger charge is -2.17. The van der Waals surface area contributed by atoms with Crippen LogP contribution in [-0.2, 0) is 16.1 Å². The molecule has 0 aromatic heterocycles. The molecular weight excluding hydrogens is 458 g/mol. The van der Waals surface area contributed by atoms with E-state index >= 15 is 0 Å². The summed E-state index contributed by atoms with van der Waals surface area (Å²) < 4.78 is 0. The van der Waals surface area contributed by atoms with Crippen molar-refractivity contribution < 1.29 is 14.4 Å². The Morgan fingerprint density at radius 2 is 1.69 bits per heavy atom. The van der Waals surface area contributed by atoms with Crippen LogP contribution in [0, 0.1) is 13.8 Å². The van der Waals surface area contributed by atoms with Crippen LogP contribution < -0.4 is 5.32 Å². The van der Waals surface area contributed by atoms with Gasteiger partial charge in [-0.05, 0) is 73.9 Å². The van der Waals surface area contributed by atoms with Gasteiger partial charge in [0, 0.05) is 17.7 Å². The number of amides is 2. The van der Waals surface area contributed by atoms with Crippen LogP contribution >= 0.6 is 11.8 Å². The molecule has 2 amide bonds. The molecule has 4 rings (SSSR count). The summed E-state index contributed by atoms with van der Waals surface area (Å²) in [5, 5.41) is 2.84. The van der Waals surface area contributed by atoms with E-state index in [-0.39, 0.29) is 24.0 Å². The molecule has 0 bridgehead atoms. The van der Waals surface area contributed by atoms with Crippen molar-refractivity contribution in [1.82, 2.24) is 4.90 Å². The normalized spacial score (nSPS) is 16.5. The average Bonchev–Trinajstić information content (AvgIpc) is 3.11. The molecule has 3 aromatic carbocycles. The van der Waals surface area contributed by atoms with Crippen LogP contribution in [0.5, 0.6) is 0 Å². The van der Waals surface area contributed by atoms with Gasteiger partial charge in [-0.25, -0.2) is 4.99 Å². The van der Waals surface area contributed by atoms with Gasteiger partial charge >= 0.3 is 0 Å². The highest BCUT2D eigenvalue weighted by atomic mass is 32.2. The quantitative estimate of drug-likeness (QED) is 0.438. The van der Waals surface area contributed by atoms with Gasteiger partial charge in [-0.3, -0.25) is 19.3 Å². The fraction of sp³-hybridized carbons (Fsp3) is 0.214. The van der Waals surface area contributed by atoms with Crippen molar-refractivity contribution in [3.63, 3.8) is 0 Å². The highest BCUT2D eigenvalue weighted by molar-refractivity contribution is 8.15. The number of amidine groups is 1. The highest BCUT2D eigenvalue weighted by Crippen LogP contribution is 2.33. The summed E-state index contributed by atoms with van der Waals surface area (Å²) in [6.07, 6.45) is 0.0230. The van der Waals surface area contributed by atoms with Gasteiger partial charge in [0.2, 0.25) is 11.8 Å². The predicted octanol–water partition coefficient (Wildman–Crippen LogP) is 5.67. The molecule has 0 radical (unpaired) electrons. The molecule has 1 N–H and O–H groups in total. The minimum atomic E-state index is -0.569. The van der Waals surface area contributed by atoms with Crippen molar-refractivity contribution in [3.8, 4) is 0 Å². The molecule has 6 nitrogen and oxygen atoms in total. The molecular formula is C28H27N3O3S. The Kier molecular flexibility index (Phi) is 7.46. The summed E-state index contributed by atoms with van der Waals surface area (Å²) in [7, 11) is 0.